The summed E-state index contributed by atoms with van der Waals surface area (Å²) in [6.45, 7) is 4.87. The molecule has 1 aromatic carbocycles. The summed E-state index contributed by atoms with van der Waals surface area (Å²) >= 11 is 2.88. The smallest absolute Gasteiger partial charge is 0.338 e. The monoisotopic (exact) mass is 499 g/mol. The Kier molecular flexibility index (Phi) is 8.05. The second kappa shape index (κ2) is 11.2. The lowest BCUT2D eigenvalue weighted by Crippen LogP contribution is -2.24. The molecule has 1 aliphatic rings. The summed E-state index contributed by atoms with van der Waals surface area (Å²) in [6.07, 6.45) is 6.03. The average molecular weight is 500 g/mol. The molecule has 0 saturated carbocycles. The summed E-state index contributed by atoms with van der Waals surface area (Å²) < 4.78 is 6.87. The Labute approximate surface area is 206 Å². The number of nitrogens with zero attached hydrogens (tertiary/aromatic N) is 2. The number of esters is 1. The number of nitrogens with one attached hydrogen (secondary N) is 1. The van der Waals surface area contributed by atoms with Crippen LogP contribution in [0.2, 0.25) is 0 Å². The maximum atomic E-state index is 13.2. The van der Waals surface area contributed by atoms with Crippen molar-refractivity contribution in [3.05, 3.63) is 50.6 Å². The van der Waals surface area contributed by atoms with E-state index in [2.05, 4.69) is 5.32 Å². The molecule has 1 N–H and O–H groups in total. The molecule has 4 rings (SSSR count). The van der Waals surface area contributed by atoms with Gasteiger partial charge in [-0.15, -0.1) is 11.3 Å². The van der Waals surface area contributed by atoms with E-state index in [1.54, 1.807) is 40.2 Å². The number of aromatic nitrogens is 2. The van der Waals surface area contributed by atoms with Gasteiger partial charge in [0, 0.05) is 17.1 Å². The molecule has 0 atom stereocenters. The van der Waals surface area contributed by atoms with E-state index in [0.29, 0.717) is 29.6 Å². The number of unbranched alkanes of at least 4 members (excludes halogenated alkanes) is 1. The summed E-state index contributed by atoms with van der Waals surface area (Å²) in [5, 5.41) is 4.17. The molecule has 34 heavy (non-hydrogen) atoms. The first-order valence-corrected chi connectivity index (χ1v) is 13.6. The Morgan fingerprint density at radius 2 is 1.94 bits per heavy atom. The number of carbonyl (C=O) groups is 2. The van der Waals surface area contributed by atoms with E-state index in [9.17, 15) is 14.4 Å². The first kappa shape index (κ1) is 24.5. The zero-order valence-electron chi connectivity index (χ0n) is 19.5. The van der Waals surface area contributed by atoms with Gasteiger partial charge >= 0.3 is 5.97 Å². The quantitative estimate of drug-likeness (QED) is 0.192. The SMILES string of the molecule is CCCCOC(=O)c1ccc(NC(=O)CSc2nc3sc4c(c3c(=O)n2CC)CCCC4)cc1. The molecule has 0 saturated heterocycles. The Balaban J connectivity index is 1.41. The Morgan fingerprint density at radius 3 is 2.68 bits per heavy atom. The molecular formula is C25H29N3O4S2. The van der Waals surface area contributed by atoms with Gasteiger partial charge in [-0.2, -0.15) is 0 Å². The predicted octanol–water partition coefficient (Wildman–Crippen LogP) is 5.04. The van der Waals surface area contributed by atoms with Gasteiger partial charge in [-0.1, -0.05) is 25.1 Å². The van der Waals surface area contributed by atoms with Crippen LogP contribution in [0.3, 0.4) is 0 Å². The third-order valence-corrected chi connectivity index (χ3v) is 7.99. The molecule has 0 radical (unpaired) electrons. The number of amides is 1. The van der Waals surface area contributed by atoms with Crippen molar-refractivity contribution in [2.45, 2.75) is 64.1 Å². The van der Waals surface area contributed by atoms with Crippen molar-refractivity contribution in [2.75, 3.05) is 17.7 Å². The number of ether oxygens (including phenoxy) is 1. The molecule has 2 heterocycles. The predicted molar refractivity (Wildman–Crippen MR) is 137 cm³/mol. The zero-order chi connectivity index (χ0) is 24.1. The molecule has 0 bridgehead atoms. The van der Waals surface area contributed by atoms with Crippen LogP contribution in [0.1, 0.15) is 60.3 Å². The standard InChI is InChI=1S/C25H29N3O4S2/c1-3-5-14-32-24(31)16-10-12-17(13-11-16)26-20(29)15-33-25-27-22-21(23(30)28(25)4-2)18-8-6-7-9-19(18)34-22/h10-13H,3-9,14-15H2,1-2H3,(H,26,29). The van der Waals surface area contributed by atoms with Crippen LogP contribution in [-0.4, -0.2) is 33.8 Å². The number of rotatable bonds is 9. The highest BCUT2D eigenvalue weighted by molar-refractivity contribution is 7.99. The van der Waals surface area contributed by atoms with Gasteiger partial charge in [-0.3, -0.25) is 14.2 Å². The van der Waals surface area contributed by atoms with Crippen molar-refractivity contribution in [1.29, 1.82) is 0 Å². The van der Waals surface area contributed by atoms with Gasteiger partial charge in [0.1, 0.15) is 4.83 Å². The van der Waals surface area contributed by atoms with Crippen LogP contribution >= 0.6 is 23.1 Å². The molecule has 180 valence electrons. The molecule has 0 unspecified atom stereocenters. The third-order valence-electron chi connectivity index (χ3n) is 5.82. The molecule has 7 nitrogen and oxygen atoms in total. The van der Waals surface area contributed by atoms with Crippen molar-refractivity contribution < 1.29 is 14.3 Å². The molecule has 1 amide bonds. The van der Waals surface area contributed by atoms with Gasteiger partial charge in [0.05, 0.1) is 23.3 Å². The molecule has 0 aliphatic heterocycles. The average Bonchev–Trinajstić information content (AvgIpc) is 3.22. The van der Waals surface area contributed by atoms with Crippen LogP contribution in [0.15, 0.2) is 34.2 Å². The lowest BCUT2D eigenvalue weighted by atomic mass is 9.97. The van der Waals surface area contributed by atoms with Crippen LogP contribution in [0.5, 0.6) is 0 Å². The van der Waals surface area contributed by atoms with Crippen LogP contribution in [0, 0.1) is 0 Å². The summed E-state index contributed by atoms with van der Waals surface area (Å²) in [4.78, 5) is 44.6. The topological polar surface area (TPSA) is 90.3 Å². The number of hydrogen-bond donors (Lipinski definition) is 1. The third kappa shape index (κ3) is 5.36. The number of thiophene rings is 1. The van der Waals surface area contributed by atoms with Crippen molar-refractivity contribution in [1.82, 2.24) is 9.55 Å². The van der Waals surface area contributed by atoms with Gasteiger partial charge in [0.25, 0.3) is 5.56 Å². The van der Waals surface area contributed by atoms with Crippen molar-refractivity contribution >= 4 is 50.9 Å². The number of hydrogen-bond acceptors (Lipinski definition) is 7. The number of thioether (sulfide) groups is 1. The second-order valence-corrected chi connectivity index (χ2v) is 10.3. The maximum absolute atomic E-state index is 13.2. The summed E-state index contributed by atoms with van der Waals surface area (Å²) in [6, 6.07) is 6.64. The summed E-state index contributed by atoms with van der Waals surface area (Å²) in [7, 11) is 0. The first-order valence-electron chi connectivity index (χ1n) is 11.8. The first-order chi connectivity index (χ1) is 16.5. The highest BCUT2D eigenvalue weighted by Crippen LogP contribution is 2.34. The highest BCUT2D eigenvalue weighted by atomic mass is 32.2. The van der Waals surface area contributed by atoms with Crippen molar-refractivity contribution in [3.8, 4) is 0 Å². The van der Waals surface area contributed by atoms with Crippen LogP contribution in [0.4, 0.5) is 5.69 Å². The molecule has 0 fully saturated rings. The molecule has 1 aliphatic carbocycles. The lowest BCUT2D eigenvalue weighted by molar-refractivity contribution is -0.113. The van der Waals surface area contributed by atoms with E-state index in [1.165, 1.54) is 22.2 Å². The Hall–Kier alpha value is -2.65. The van der Waals surface area contributed by atoms with Gasteiger partial charge in [0.2, 0.25) is 5.91 Å². The lowest BCUT2D eigenvalue weighted by Gasteiger charge is -2.12. The molecular weight excluding hydrogens is 470 g/mol. The van der Waals surface area contributed by atoms with Crippen LogP contribution in [-0.2, 0) is 28.9 Å². The number of fused-ring (bicyclic) bond motifs is 3. The zero-order valence-corrected chi connectivity index (χ0v) is 21.2. The molecule has 9 heteroatoms. The largest absolute Gasteiger partial charge is 0.462 e. The number of aryl methyl sites for hydroxylation is 2. The van der Waals surface area contributed by atoms with E-state index in [-0.39, 0.29) is 23.2 Å². The van der Waals surface area contributed by atoms with Gasteiger partial charge < -0.3 is 10.1 Å². The van der Waals surface area contributed by atoms with Gasteiger partial charge in [-0.05, 0) is 68.9 Å². The Morgan fingerprint density at radius 1 is 1.18 bits per heavy atom. The van der Waals surface area contributed by atoms with E-state index in [4.69, 9.17) is 9.72 Å². The normalized spacial score (nSPS) is 13.0. The second-order valence-electron chi connectivity index (χ2n) is 8.24. The molecule has 0 spiro atoms. The van der Waals surface area contributed by atoms with Crippen molar-refractivity contribution in [3.63, 3.8) is 0 Å². The van der Waals surface area contributed by atoms with Gasteiger partial charge in [0.15, 0.2) is 5.16 Å². The van der Waals surface area contributed by atoms with Gasteiger partial charge in [-0.25, -0.2) is 9.78 Å². The number of anilines is 1. The van der Waals surface area contributed by atoms with Crippen LogP contribution in [0.25, 0.3) is 10.2 Å². The fourth-order valence-electron chi connectivity index (χ4n) is 4.02. The van der Waals surface area contributed by atoms with Crippen LogP contribution < -0.4 is 10.9 Å². The number of carbonyl (C=O) groups excluding carboxylic acids is 2. The maximum Gasteiger partial charge on any atom is 0.338 e. The number of benzene rings is 1. The fraction of sp³-hybridized carbons (Fsp3) is 0.440. The van der Waals surface area contributed by atoms with Crippen molar-refractivity contribution in [2.24, 2.45) is 0 Å². The van der Waals surface area contributed by atoms with E-state index < -0.39 is 0 Å². The summed E-state index contributed by atoms with van der Waals surface area (Å²) in [5.74, 6) is -0.439. The van der Waals surface area contributed by atoms with E-state index in [1.807, 2.05) is 13.8 Å². The molecule has 3 aromatic rings. The molecule has 2 aromatic heterocycles. The minimum Gasteiger partial charge on any atom is -0.462 e. The minimum absolute atomic E-state index is 0.00350. The van der Waals surface area contributed by atoms with E-state index in [0.717, 1.165) is 48.7 Å². The Bertz CT molecular complexity index is 1250. The van der Waals surface area contributed by atoms with E-state index >= 15 is 0 Å². The highest BCUT2D eigenvalue weighted by Gasteiger charge is 2.22. The minimum atomic E-state index is -0.365. The fourth-order valence-corrected chi connectivity index (χ4v) is 6.18. The summed E-state index contributed by atoms with van der Waals surface area (Å²) in [5.41, 5.74) is 2.22.